The van der Waals surface area contributed by atoms with E-state index in [1.165, 1.54) is 5.56 Å². The number of nitrogens with zero attached hydrogens (tertiary/aromatic N) is 3. The number of carbonyl (C=O) groups excluding carboxylic acids is 1. The summed E-state index contributed by atoms with van der Waals surface area (Å²) in [5.74, 6) is 0.809. The van der Waals surface area contributed by atoms with Crippen LogP contribution >= 0.6 is 0 Å². The first-order chi connectivity index (χ1) is 13.7. The zero-order chi connectivity index (χ0) is 19.8. The monoisotopic (exact) mass is 382 g/mol. The number of rotatable bonds is 8. The smallest absolute Gasteiger partial charge is 0.225 e. The molecule has 1 amide bonds. The average Bonchev–Trinajstić information content (AvgIpc) is 2.74. The summed E-state index contributed by atoms with van der Waals surface area (Å²) in [6.45, 7) is 7.68. The molecule has 6 nitrogen and oxygen atoms in total. The van der Waals surface area contributed by atoms with Gasteiger partial charge in [0.2, 0.25) is 11.9 Å². The molecule has 0 unspecified atom stereocenters. The van der Waals surface area contributed by atoms with Gasteiger partial charge >= 0.3 is 0 Å². The number of nitrogens with one attached hydrogen (secondary N) is 1. The molecule has 0 bridgehead atoms. The van der Waals surface area contributed by atoms with E-state index in [0.29, 0.717) is 32.3 Å². The molecule has 1 saturated heterocycles. The summed E-state index contributed by atoms with van der Waals surface area (Å²) in [5, 5.41) is 3.03. The van der Waals surface area contributed by atoms with Gasteiger partial charge < -0.3 is 15.0 Å². The van der Waals surface area contributed by atoms with Gasteiger partial charge in [-0.1, -0.05) is 29.8 Å². The van der Waals surface area contributed by atoms with Crippen LogP contribution in [0.3, 0.4) is 0 Å². The lowest BCUT2D eigenvalue weighted by molar-refractivity contribution is -0.125. The van der Waals surface area contributed by atoms with Crippen LogP contribution in [0.25, 0.3) is 11.1 Å². The second-order valence-electron chi connectivity index (χ2n) is 7.26. The van der Waals surface area contributed by atoms with Gasteiger partial charge in [-0.25, -0.2) is 9.97 Å². The summed E-state index contributed by atoms with van der Waals surface area (Å²) in [7, 11) is 0. The predicted octanol–water partition coefficient (Wildman–Crippen LogP) is 3.21. The molecule has 1 aromatic heterocycles. The fourth-order valence-corrected chi connectivity index (χ4v) is 3.43. The molecule has 150 valence electrons. The molecule has 1 N–H and O–H groups in total. The lowest BCUT2D eigenvalue weighted by Crippen LogP contribution is -2.44. The standard InChI is InChI=1S/C22H30N4O2/c1-3-28-13-5-11-23-21(27)19-6-4-12-26(16-19)22-24-14-20(15-25-22)18-9-7-17(2)8-10-18/h7-10,14-15,19H,3-6,11-13,16H2,1-2H3,(H,23,27)/t19-/m1/s1. The number of carbonyl (C=O) groups is 1. The summed E-state index contributed by atoms with van der Waals surface area (Å²) in [5.41, 5.74) is 3.35. The molecule has 1 aliphatic heterocycles. The lowest BCUT2D eigenvalue weighted by Gasteiger charge is -2.32. The van der Waals surface area contributed by atoms with Crippen molar-refractivity contribution in [3.05, 3.63) is 42.2 Å². The van der Waals surface area contributed by atoms with Gasteiger partial charge in [0.1, 0.15) is 0 Å². The van der Waals surface area contributed by atoms with Crippen LogP contribution in [0, 0.1) is 12.8 Å². The summed E-state index contributed by atoms with van der Waals surface area (Å²) in [6.07, 6.45) is 6.46. The number of amides is 1. The number of anilines is 1. The summed E-state index contributed by atoms with van der Waals surface area (Å²) in [6, 6.07) is 8.35. The molecule has 1 atom stereocenters. The molecule has 2 aromatic rings. The number of hydrogen-bond acceptors (Lipinski definition) is 5. The predicted molar refractivity (Wildman–Crippen MR) is 111 cm³/mol. The Balaban J connectivity index is 1.55. The van der Waals surface area contributed by atoms with Crippen LogP contribution < -0.4 is 10.2 Å². The van der Waals surface area contributed by atoms with Crippen LogP contribution in [-0.2, 0) is 9.53 Å². The van der Waals surface area contributed by atoms with Gasteiger partial charge in [0.05, 0.1) is 5.92 Å². The molecule has 1 aliphatic rings. The maximum Gasteiger partial charge on any atom is 0.225 e. The molecule has 3 rings (SSSR count). The zero-order valence-electron chi connectivity index (χ0n) is 16.9. The van der Waals surface area contributed by atoms with Gasteiger partial charge in [0.25, 0.3) is 0 Å². The van der Waals surface area contributed by atoms with Crippen molar-refractivity contribution >= 4 is 11.9 Å². The fraction of sp³-hybridized carbons (Fsp3) is 0.500. The summed E-state index contributed by atoms with van der Waals surface area (Å²) < 4.78 is 5.31. The van der Waals surface area contributed by atoms with Crippen LogP contribution in [0.2, 0.25) is 0 Å². The Morgan fingerprint density at radius 1 is 1.21 bits per heavy atom. The van der Waals surface area contributed by atoms with Crippen LogP contribution in [0.15, 0.2) is 36.7 Å². The third kappa shape index (κ3) is 5.52. The lowest BCUT2D eigenvalue weighted by atomic mass is 9.97. The van der Waals surface area contributed by atoms with E-state index in [4.69, 9.17) is 4.74 Å². The minimum absolute atomic E-state index is 0.0128. The Morgan fingerprint density at radius 3 is 2.68 bits per heavy atom. The van der Waals surface area contributed by atoms with Gasteiger partial charge in [0, 0.05) is 50.8 Å². The van der Waals surface area contributed by atoms with Crippen LogP contribution in [-0.4, -0.2) is 48.7 Å². The van der Waals surface area contributed by atoms with Gasteiger partial charge in [-0.2, -0.15) is 0 Å². The molecular weight excluding hydrogens is 352 g/mol. The van der Waals surface area contributed by atoms with Gasteiger partial charge in [-0.15, -0.1) is 0 Å². The number of ether oxygens (including phenoxy) is 1. The van der Waals surface area contributed by atoms with E-state index in [1.54, 1.807) is 0 Å². The van der Waals surface area contributed by atoms with E-state index in [0.717, 1.165) is 36.9 Å². The van der Waals surface area contributed by atoms with E-state index in [9.17, 15) is 4.79 Å². The van der Waals surface area contributed by atoms with Crippen molar-refractivity contribution in [1.82, 2.24) is 15.3 Å². The Hall–Kier alpha value is -2.47. The highest BCUT2D eigenvalue weighted by Crippen LogP contribution is 2.23. The van der Waals surface area contributed by atoms with Crippen molar-refractivity contribution in [3.63, 3.8) is 0 Å². The molecule has 0 radical (unpaired) electrons. The topological polar surface area (TPSA) is 67.3 Å². The number of aryl methyl sites for hydroxylation is 1. The summed E-state index contributed by atoms with van der Waals surface area (Å²) in [4.78, 5) is 23.7. The van der Waals surface area contributed by atoms with Crippen molar-refractivity contribution in [3.8, 4) is 11.1 Å². The van der Waals surface area contributed by atoms with Crippen LogP contribution in [0.1, 0.15) is 31.7 Å². The SMILES string of the molecule is CCOCCCNC(=O)[C@@H]1CCCN(c2ncc(-c3ccc(C)cc3)cn2)C1. The van der Waals surface area contributed by atoms with Gasteiger partial charge in [0.15, 0.2) is 0 Å². The van der Waals surface area contributed by atoms with E-state index in [1.807, 2.05) is 19.3 Å². The van der Waals surface area contributed by atoms with Crippen molar-refractivity contribution in [2.45, 2.75) is 33.1 Å². The maximum absolute atomic E-state index is 12.5. The normalized spacial score (nSPS) is 16.8. The zero-order valence-corrected chi connectivity index (χ0v) is 16.9. The molecule has 6 heteroatoms. The minimum atomic E-state index is -0.0128. The van der Waals surface area contributed by atoms with Crippen molar-refractivity contribution in [2.24, 2.45) is 5.92 Å². The molecule has 0 saturated carbocycles. The van der Waals surface area contributed by atoms with Crippen molar-refractivity contribution < 1.29 is 9.53 Å². The third-order valence-electron chi connectivity index (χ3n) is 5.07. The third-order valence-corrected chi connectivity index (χ3v) is 5.07. The van der Waals surface area contributed by atoms with E-state index in [2.05, 4.69) is 51.4 Å². The quantitative estimate of drug-likeness (QED) is 0.710. The van der Waals surface area contributed by atoms with Crippen LogP contribution in [0.4, 0.5) is 5.95 Å². The summed E-state index contributed by atoms with van der Waals surface area (Å²) >= 11 is 0. The first-order valence-electron chi connectivity index (χ1n) is 10.2. The number of benzene rings is 1. The Labute approximate surface area is 167 Å². The molecule has 2 heterocycles. The molecule has 1 fully saturated rings. The maximum atomic E-state index is 12.5. The number of aromatic nitrogens is 2. The fourth-order valence-electron chi connectivity index (χ4n) is 3.43. The first kappa shape index (κ1) is 20.3. The van der Waals surface area contributed by atoms with Gasteiger partial charge in [-0.3, -0.25) is 4.79 Å². The van der Waals surface area contributed by atoms with E-state index >= 15 is 0 Å². The van der Waals surface area contributed by atoms with E-state index < -0.39 is 0 Å². The Bertz CT molecular complexity index is 746. The minimum Gasteiger partial charge on any atom is -0.382 e. The number of hydrogen-bond donors (Lipinski definition) is 1. The highest BCUT2D eigenvalue weighted by molar-refractivity contribution is 5.79. The Morgan fingerprint density at radius 2 is 1.96 bits per heavy atom. The highest BCUT2D eigenvalue weighted by atomic mass is 16.5. The average molecular weight is 383 g/mol. The molecule has 28 heavy (non-hydrogen) atoms. The van der Waals surface area contributed by atoms with Crippen LogP contribution in [0.5, 0.6) is 0 Å². The number of piperidine rings is 1. The molecule has 1 aromatic carbocycles. The first-order valence-corrected chi connectivity index (χ1v) is 10.2. The second kappa shape index (κ2) is 10.2. The molecular formula is C22H30N4O2. The van der Waals surface area contributed by atoms with Gasteiger partial charge in [-0.05, 0) is 38.7 Å². The second-order valence-corrected chi connectivity index (χ2v) is 7.26. The van der Waals surface area contributed by atoms with E-state index in [-0.39, 0.29) is 11.8 Å². The highest BCUT2D eigenvalue weighted by Gasteiger charge is 2.26. The molecule has 0 spiro atoms. The van der Waals surface area contributed by atoms with Crippen molar-refractivity contribution in [2.75, 3.05) is 37.7 Å². The largest absolute Gasteiger partial charge is 0.382 e. The Kier molecular flexibility index (Phi) is 7.37. The van der Waals surface area contributed by atoms with Crippen molar-refractivity contribution in [1.29, 1.82) is 0 Å². The molecule has 0 aliphatic carbocycles.